The van der Waals surface area contributed by atoms with Gasteiger partial charge in [0.05, 0.1) is 31.1 Å². The highest BCUT2D eigenvalue weighted by atomic mass is 32.2. The number of fused-ring (bicyclic) bond motifs is 1. The molecule has 0 unspecified atom stereocenters. The van der Waals surface area contributed by atoms with Crippen molar-refractivity contribution in [2.24, 2.45) is 0 Å². The molecule has 6 nitrogen and oxygen atoms in total. The third kappa shape index (κ3) is 4.37. The van der Waals surface area contributed by atoms with Crippen LogP contribution in [-0.4, -0.2) is 51.4 Å². The van der Waals surface area contributed by atoms with Gasteiger partial charge in [0, 0.05) is 5.69 Å². The maximum Gasteiger partial charge on any atom is 0.279 e. The topological polar surface area (TPSA) is 70.9 Å². The summed E-state index contributed by atoms with van der Waals surface area (Å²) in [5, 5.41) is 2.96. The molecule has 1 aliphatic heterocycles. The van der Waals surface area contributed by atoms with E-state index in [0.717, 1.165) is 35.4 Å². The van der Waals surface area contributed by atoms with Gasteiger partial charge in [-0.05, 0) is 61.1 Å². The monoisotopic (exact) mass is 414 g/mol. The summed E-state index contributed by atoms with van der Waals surface area (Å²) in [6.45, 7) is 4.45. The van der Waals surface area contributed by atoms with Crippen molar-refractivity contribution in [1.29, 1.82) is 0 Å². The second-order valence-corrected chi connectivity index (χ2v) is 9.92. The highest BCUT2D eigenvalue weighted by Crippen LogP contribution is 2.26. The molecule has 0 radical (unpaired) electrons. The molecule has 2 aliphatic rings. The summed E-state index contributed by atoms with van der Waals surface area (Å²) in [6.07, 6.45) is 3.11. The molecule has 0 spiro atoms. The van der Waals surface area contributed by atoms with E-state index in [-0.39, 0.29) is 5.91 Å². The number of quaternary nitrogens is 1. The molecule has 1 aliphatic carbocycles. The fourth-order valence-electron chi connectivity index (χ4n) is 4.21. The van der Waals surface area contributed by atoms with Gasteiger partial charge in [-0.15, -0.1) is 0 Å². The van der Waals surface area contributed by atoms with Crippen molar-refractivity contribution in [1.82, 2.24) is 4.31 Å². The number of nitrogens with zero attached hydrogens (tertiary/aromatic N) is 1. The van der Waals surface area contributed by atoms with E-state index in [1.165, 1.54) is 11.1 Å². The van der Waals surface area contributed by atoms with Gasteiger partial charge in [0.25, 0.3) is 5.91 Å². The van der Waals surface area contributed by atoms with Crippen LogP contribution < -0.4 is 10.2 Å². The van der Waals surface area contributed by atoms with Crippen molar-refractivity contribution in [3.63, 3.8) is 0 Å². The molecule has 2 N–H and O–H groups in total. The van der Waals surface area contributed by atoms with Crippen LogP contribution in [0.1, 0.15) is 23.1 Å². The second-order valence-electron chi connectivity index (χ2n) is 7.98. The molecular formula is C22H28N3O3S+. The SMILES string of the molecule is Cc1ccccc1NC(=O)C[NH+]1CCN(S(=O)(=O)c2ccc3c(c2)CCC3)CC1. The molecule has 29 heavy (non-hydrogen) atoms. The van der Waals surface area contributed by atoms with Gasteiger partial charge in [-0.1, -0.05) is 24.3 Å². The number of hydrogen-bond acceptors (Lipinski definition) is 3. The van der Waals surface area contributed by atoms with Crippen LogP contribution in [0.4, 0.5) is 5.69 Å². The number of amides is 1. The summed E-state index contributed by atoms with van der Waals surface area (Å²) in [7, 11) is -3.47. The molecule has 1 saturated heterocycles. The lowest BCUT2D eigenvalue weighted by Gasteiger charge is -2.31. The Balaban J connectivity index is 1.34. The zero-order chi connectivity index (χ0) is 20.4. The molecule has 154 valence electrons. The molecule has 1 amide bonds. The Morgan fingerprint density at radius 2 is 1.79 bits per heavy atom. The van der Waals surface area contributed by atoms with Crippen LogP contribution in [-0.2, 0) is 27.7 Å². The van der Waals surface area contributed by atoms with E-state index >= 15 is 0 Å². The predicted octanol–water partition coefficient (Wildman–Crippen LogP) is 1.01. The van der Waals surface area contributed by atoms with Crippen LogP contribution in [0, 0.1) is 6.92 Å². The summed E-state index contributed by atoms with van der Waals surface area (Å²) in [5.74, 6) is -0.0378. The summed E-state index contributed by atoms with van der Waals surface area (Å²) in [4.78, 5) is 13.9. The van der Waals surface area contributed by atoms with E-state index in [9.17, 15) is 13.2 Å². The smallest absolute Gasteiger partial charge is 0.279 e. The first kappa shape index (κ1) is 20.1. The van der Waals surface area contributed by atoms with Crippen molar-refractivity contribution < 1.29 is 18.1 Å². The first-order valence-electron chi connectivity index (χ1n) is 10.2. The minimum atomic E-state index is -3.47. The lowest BCUT2D eigenvalue weighted by Crippen LogP contribution is -3.15. The number of anilines is 1. The van der Waals surface area contributed by atoms with Crippen LogP contribution in [0.2, 0.25) is 0 Å². The maximum absolute atomic E-state index is 13.0. The van der Waals surface area contributed by atoms with Gasteiger partial charge in [-0.2, -0.15) is 4.31 Å². The highest BCUT2D eigenvalue weighted by molar-refractivity contribution is 7.89. The molecule has 2 aromatic carbocycles. The molecule has 4 rings (SSSR count). The summed E-state index contributed by atoms with van der Waals surface area (Å²) in [5.41, 5.74) is 4.30. The first-order valence-corrected chi connectivity index (χ1v) is 11.7. The molecule has 7 heteroatoms. The van der Waals surface area contributed by atoms with E-state index in [4.69, 9.17) is 0 Å². The van der Waals surface area contributed by atoms with E-state index in [1.807, 2.05) is 43.3 Å². The fourth-order valence-corrected chi connectivity index (χ4v) is 5.70. The maximum atomic E-state index is 13.0. The summed E-state index contributed by atoms with van der Waals surface area (Å²) < 4.78 is 27.6. The Morgan fingerprint density at radius 1 is 1.07 bits per heavy atom. The zero-order valence-corrected chi connectivity index (χ0v) is 17.6. The van der Waals surface area contributed by atoms with Gasteiger partial charge in [-0.3, -0.25) is 4.79 Å². The normalized spacial score (nSPS) is 17.8. The van der Waals surface area contributed by atoms with E-state index in [2.05, 4.69) is 5.32 Å². The molecule has 0 aromatic heterocycles. The first-order chi connectivity index (χ1) is 13.9. The van der Waals surface area contributed by atoms with Crippen LogP contribution >= 0.6 is 0 Å². The highest BCUT2D eigenvalue weighted by Gasteiger charge is 2.31. The number of para-hydroxylation sites is 1. The number of rotatable bonds is 5. The third-order valence-electron chi connectivity index (χ3n) is 5.97. The molecular weight excluding hydrogens is 386 g/mol. The van der Waals surface area contributed by atoms with Crippen molar-refractivity contribution in [3.8, 4) is 0 Å². The molecule has 2 aromatic rings. The number of sulfonamides is 1. The quantitative estimate of drug-likeness (QED) is 0.767. The van der Waals surface area contributed by atoms with Crippen LogP contribution in [0.5, 0.6) is 0 Å². The van der Waals surface area contributed by atoms with E-state index < -0.39 is 10.0 Å². The Labute approximate surface area is 172 Å². The van der Waals surface area contributed by atoms with Gasteiger partial charge in [0.1, 0.15) is 0 Å². The second kappa shape index (κ2) is 8.26. The number of aryl methyl sites for hydroxylation is 3. The van der Waals surface area contributed by atoms with Crippen molar-refractivity contribution >= 4 is 21.6 Å². The standard InChI is InChI=1S/C22H27N3O3S/c1-17-5-2-3-8-21(17)23-22(26)16-24-11-13-25(14-12-24)29(27,28)20-10-9-18-6-4-7-19(18)15-20/h2-3,5,8-10,15H,4,6-7,11-14,16H2,1H3,(H,23,26)/p+1. The summed E-state index contributed by atoms with van der Waals surface area (Å²) in [6, 6.07) is 13.3. The van der Waals surface area contributed by atoms with E-state index in [1.54, 1.807) is 10.4 Å². The average molecular weight is 415 g/mol. The Kier molecular flexibility index (Phi) is 5.72. The Morgan fingerprint density at radius 3 is 2.55 bits per heavy atom. The fraction of sp³-hybridized carbons (Fsp3) is 0.409. The minimum Gasteiger partial charge on any atom is -0.325 e. The largest absolute Gasteiger partial charge is 0.325 e. The minimum absolute atomic E-state index is 0.0378. The van der Waals surface area contributed by atoms with Gasteiger partial charge in [0.2, 0.25) is 10.0 Å². The van der Waals surface area contributed by atoms with Gasteiger partial charge in [-0.25, -0.2) is 8.42 Å². The van der Waals surface area contributed by atoms with E-state index in [0.29, 0.717) is 37.6 Å². The lowest BCUT2D eigenvalue weighted by molar-refractivity contribution is -0.895. The molecule has 0 atom stereocenters. The van der Waals surface area contributed by atoms with Gasteiger partial charge < -0.3 is 10.2 Å². The van der Waals surface area contributed by atoms with Gasteiger partial charge >= 0.3 is 0 Å². The van der Waals surface area contributed by atoms with Crippen molar-refractivity contribution in [3.05, 3.63) is 59.2 Å². The summed E-state index contributed by atoms with van der Waals surface area (Å²) >= 11 is 0. The Hall–Kier alpha value is -2.22. The Bertz CT molecular complexity index is 1010. The number of carbonyl (C=O) groups excluding carboxylic acids is 1. The lowest BCUT2D eigenvalue weighted by atomic mass is 10.1. The predicted molar refractivity (Wildman–Crippen MR) is 113 cm³/mol. The molecule has 0 saturated carbocycles. The number of hydrogen-bond donors (Lipinski definition) is 2. The average Bonchev–Trinajstić information content (AvgIpc) is 3.18. The number of nitrogens with one attached hydrogen (secondary N) is 2. The number of piperazine rings is 1. The van der Waals surface area contributed by atoms with Crippen molar-refractivity contribution in [2.75, 3.05) is 38.0 Å². The van der Waals surface area contributed by atoms with Crippen LogP contribution in [0.3, 0.4) is 0 Å². The third-order valence-corrected chi connectivity index (χ3v) is 7.86. The molecule has 1 fully saturated rings. The molecule has 1 heterocycles. The molecule has 0 bridgehead atoms. The van der Waals surface area contributed by atoms with Gasteiger partial charge in [0.15, 0.2) is 6.54 Å². The van der Waals surface area contributed by atoms with Crippen LogP contribution in [0.25, 0.3) is 0 Å². The van der Waals surface area contributed by atoms with Crippen LogP contribution in [0.15, 0.2) is 47.4 Å². The number of benzene rings is 2. The number of carbonyl (C=O) groups is 1. The van der Waals surface area contributed by atoms with Crippen molar-refractivity contribution in [2.45, 2.75) is 31.1 Å². The zero-order valence-electron chi connectivity index (χ0n) is 16.8.